The number of rotatable bonds is 7. The number of carbonyl (C=O) groups is 1. The molecule has 2 heterocycles. The number of thioether (sulfide) groups is 1. The van der Waals surface area contributed by atoms with E-state index in [-0.39, 0.29) is 34.8 Å². The first-order valence-corrected chi connectivity index (χ1v) is 11.6. The highest BCUT2D eigenvalue weighted by Crippen LogP contribution is 2.33. The van der Waals surface area contributed by atoms with Gasteiger partial charge in [-0.2, -0.15) is 0 Å². The predicted molar refractivity (Wildman–Crippen MR) is 121 cm³/mol. The summed E-state index contributed by atoms with van der Waals surface area (Å²) in [5.74, 6) is 0.139. The van der Waals surface area contributed by atoms with E-state index >= 15 is 0 Å². The molecular formula is C22H25N5O4S. The second-order valence-corrected chi connectivity index (χ2v) is 8.86. The maximum absolute atomic E-state index is 12.9. The summed E-state index contributed by atoms with van der Waals surface area (Å²) >= 11 is 1.06. The van der Waals surface area contributed by atoms with E-state index in [2.05, 4.69) is 10.2 Å². The largest absolute Gasteiger partial charge is 0.416 e. The Bertz CT molecular complexity index is 1230. The summed E-state index contributed by atoms with van der Waals surface area (Å²) in [4.78, 5) is 38.2. The molecule has 2 N–H and O–H groups in total. The van der Waals surface area contributed by atoms with Crippen molar-refractivity contribution in [1.29, 1.82) is 0 Å². The van der Waals surface area contributed by atoms with E-state index in [0.29, 0.717) is 5.89 Å². The maximum atomic E-state index is 12.9. The highest BCUT2D eigenvalue weighted by Gasteiger charge is 2.24. The highest BCUT2D eigenvalue weighted by atomic mass is 32.2. The molecule has 1 aliphatic carbocycles. The number of ketones is 1. The first-order chi connectivity index (χ1) is 15.5. The lowest BCUT2D eigenvalue weighted by atomic mass is 9.89. The molecule has 9 nitrogen and oxygen atoms in total. The van der Waals surface area contributed by atoms with Crippen molar-refractivity contribution < 1.29 is 9.21 Å². The zero-order chi connectivity index (χ0) is 22.7. The lowest BCUT2D eigenvalue weighted by molar-refractivity contribution is 0.102. The lowest BCUT2D eigenvalue weighted by Crippen LogP contribution is -2.43. The van der Waals surface area contributed by atoms with Gasteiger partial charge in [-0.25, -0.2) is 4.79 Å². The van der Waals surface area contributed by atoms with Gasteiger partial charge in [0, 0.05) is 13.0 Å². The van der Waals surface area contributed by atoms with Crippen LogP contribution in [0.25, 0.3) is 0 Å². The molecule has 0 atom stereocenters. The van der Waals surface area contributed by atoms with Crippen LogP contribution in [0.2, 0.25) is 0 Å². The molecule has 1 aliphatic rings. The van der Waals surface area contributed by atoms with Gasteiger partial charge in [-0.3, -0.25) is 18.7 Å². The molecule has 10 heteroatoms. The topological polar surface area (TPSA) is 126 Å². The van der Waals surface area contributed by atoms with Crippen molar-refractivity contribution in [2.45, 2.75) is 49.8 Å². The molecule has 0 radical (unpaired) electrons. The first kappa shape index (κ1) is 22.1. The predicted octanol–water partition coefficient (Wildman–Crippen LogP) is 2.58. The quantitative estimate of drug-likeness (QED) is 0.426. The van der Waals surface area contributed by atoms with E-state index in [0.717, 1.165) is 47.6 Å². The smallest absolute Gasteiger partial charge is 0.332 e. The average molecular weight is 456 g/mol. The molecule has 2 aromatic heterocycles. The van der Waals surface area contributed by atoms with Gasteiger partial charge < -0.3 is 10.2 Å². The number of aromatic nitrogens is 4. The van der Waals surface area contributed by atoms with Crippen LogP contribution >= 0.6 is 11.8 Å². The second kappa shape index (κ2) is 9.56. The summed E-state index contributed by atoms with van der Waals surface area (Å²) in [5.41, 5.74) is 5.48. The SMILES string of the molecule is Cn1c(=O)c(C(=O)CSc2nnc(C3CCCCC3)o2)c(N)n(Cc2ccccc2)c1=O. The average Bonchev–Trinajstić information content (AvgIpc) is 3.30. The van der Waals surface area contributed by atoms with Crippen LogP contribution in [0.15, 0.2) is 49.6 Å². The minimum atomic E-state index is -0.712. The maximum Gasteiger partial charge on any atom is 0.332 e. The van der Waals surface area contributed by atoms with E-state index < -0.39 is 17.0 Å². The van der Waals surface area contributed by atoms with Crippen molar-refractivity contribution >= 4 is 23.4 Å². The Kier molecular flexibility index (Phi) is 6.59. The lowest BCUT2D eigenvalue weighted by Gasteiger charge is -2.17. The molecule has 1 fully saturated rings. The molecule has 168 valence electrons. The molecular weight excluding hydrogens is 430 g/mol. The Morgan fingerprint density at radius 2 is 1.88 bits per heavy atom. The van der Waals surface area contributed by atoms with Gasteiger partial charge in [0.1, 0.15) is 11.4 Å². The van der Waals surface area contributed by atoms with Gasteiger partial charge in [0.2, 0.25) is 5.89 Å². The molecule has 0 aliphatic heterocycles. The highest BCUT2D eigenvalue weighted by molar-refractivity contribution is 7.99. The normalized spacial score (nSPS) is 14.5. The van der Waals surface area contributed by atoms with Crippen LogP contribution in [0.5, 0.6) is 0 Å². The summed E-state index contributed by atoms with van der Waals surface area (Å²) in [6, 6.07) is 9.22. The summed E-state index contributed by atoms with van der Waals surface area (Å²) < 4.78 is 7.88. The van der Waals surface area contributed by atoms with Crippen LogP contribution in [0.1, 0.15) is 59.8 Å². The Balaban J connectivity index is 1.54. The molecule has 3 aromatic rings. The van der Waals surface area contributed by atoms with Crippen LogP contribution < -0.4 is 17.0 Å². The molecule has 1 aromatic carbocycles. The molecule has 4 rings (SSSR count). The zero-order valence-electron chi connectivity index (χ0n) is 17.8. The van der Waals surface area contributed by atoms with Gasteiger partial charge in [-0.1, -0.05) is 61.4 Å². The minimum Gasteiger partial charge on any atom is -0.416 e. The van der Waals surface area contributed by atoms with Crippen molar-refractivity contribution in [2.24, 2.45) is 7.05 Å². The fourth-order valence-electron chi connectivity index (χ4n) is 3.96. The summed E-state index contributed by atoms with van der Waals surface area (Å²) in [5, 5.41) is 8.44. The third-order valence-corrected chi connectivity index (χ3v) is 6.57. The number of benzene rings is 1. The molecule has 0 spiro atoms. The van der Waals surface area contributed by atoms with Gasteiger partial charge in [-0.15, -0.1) is 10.2 Å². The number of hydrogen-bond donors (Lipinski definition) is 1. The Morgan fingerprint density at radius 3 is 2.59 bits per heavy atom. The molecule has 0 unspecified atom stereocenters. The van der Waals surface area contributed by atoms with E-state index in [1.165, 1.54) is 18.0 Å². The fraction of sp³-hybridized carbons (Fsp3) is 0.409. The van der Waals surface area contributed by atoms with Crippen molar-refractivity contribution in [3.8, 4) is 0 Å². The minimum absolute atomic E-state index is 0.102. The van der Waals surface area contributed by atoms with Gasteiger partial charge in [-0.05, 0) is 18.4 Å². The van der Waals surface area contributed by atoms with Crippen molar-refractivity contribution in [3.63, 3.8) is 0 Å². The molecule has 32 heavy (non-hydrogen) atoms. The second-order valence-electron chi connectivity index (χ2n) is 7.93. The number of nitrogen functional groups attached to an aromatic ring is 1. The van der Waals surface area contributed by atoms with Crippen LogP contribution in [-0.2, 0) is 13.6 Å². The van der Waals surface area contributed by atoms with Gasteiger partial charge in [0.05, 0.1) is 12.3 Å². The fourth-order valence-corrected chi connectivity index (χ4v) is 4.60. The van der Waals surface area contributed by atoms with Crippen molar-refractivity contribution in [1.82, 2.24) is 19.3 Å². The van der Waals surface area contributed by atoms with E-state index in [1.54, 1.807) is 0 Å². The third-order valence-electron chi connectivity index (χ3n) is 5.75. The van der Waals surface area contributed by atoms with Gasteiger partial charge >= 0.3 is 5.69 Å². The van der Waals surface area contributed by atoms with Crippen LogP contribution in [0.4, 0.5) is 5.82 Å². The number of anilines is 1. The number of carbonyl (C=O) groups excluding carboxylic acids is 1. The first-order valence-electron chi connectivity index (χ1n) is 10.6. The molecule has 0 amide bonds. The Hall–Kier alpha value is -3.14. The van der Waals surface area contributed by atoms with Crippen LogP contribution in [-0.4, -0.2) is 30.9 Å². The van der Waals surface area contributed by atoms with Crippen LogP contribution in [0, 0.1) is 0 Å². The van der Waals surface area contributed by atoms with E-state index in [4.69, 9.17) is 10.2 Å². The Morgan fingerprint density at radius 1 is 1.16 bits per heavy atom. The molecule has 0 saturated heterocycles. The molecule has 0 bridgehead atoms. The third kappa shape index (κ3) is 4.55. The van der Waals surface area contributed by atoms with Gasteiger partial charge in [0.15, 0.2) is 5.78 Å². The summed E-state index contributed by atoms with van der Waals surface area (Å²) in [6.07, 6.45) is 5.58. The number of nitrogens with zero attached hydrogens (tertiary/aromatic N) is 4. The van der Waals surface area contributed by atoms with Gasteiger partial charge in [0.25, 0.3) is 10.8 Å². The zero-order valence-corrected chi connectivity index (χ0v) is 18.6. The Labute approximate surface area is 188 Å². The van der Waals surface area contributed by atoms with E-state index in [1.807, 2.05) is 30.3 Å². The summed E-state index contributed by atoms with van der Waals surface area (Å²) in [7, 11) is 1.34. The summed E-state index contributed by atoms with van der Waals surface area (Å²) in [6.45, 7) is 0.154. The number of Topliss-reactive ketones (excluding diaryl/α,β-unsaturated/α-hetero) is 1. The number of nitrogens with two attached hydrogens (primary N) is 1. The molecule has 1 saturated carbocycles. The standard InChI is InChI=1S/C22H25N5O4S/c1-26-20(29)17(18(23)27(22(26)30)12-14-8-4-2-5-9-14)16(28)13-32-21-25-24-19(31-21)15-10-6-3-7-11-15/h2,4-5,8-9,15H,3,6-7,10-13,23H2,1H3. The van der Waals surface area contributed by atoms with Crippen molar-refractivity contribution in [3.05, 3.63) is 68.2 Å². The van der Waals surface area contributed by atoms with Crippen molar-refractivity contribution in [2.75, 3.05) is 11.5 Å². The monoisotopic (exact) mass is 455 g/mol. The van der Waals surface area contributed by atoms with Crippen LogP contribution in [0.3, 0.4) is 0 Å². The number of hydrogen-bond acceptors (Lipinski definition) is 8. The van der Waals surface area contributed by atoms with E-state index in [9.17, 15) is 14.4 Å².